The number of nitrogens with one attached hydrogen (secondary N) is 1. The Labute approximate surface area is 131 Å². The Morgan fingerprint density at radius 1 is 1.32 bits per heavy atom. The van der Waals surface area contributed by atoms with E-state index in [4.69, 9.17) is 16.1 Å². The smallest absolute Gasteiger partial charge is 0.330 e. The highest BCUT2D eigenvalue weighted by Gasteiger charge is 2.29. The molecule has 1 aromatic heterocycles. The Morgan fingerprint density at radius 2 is 2.00 bits per heavy atom. The summed E-state index contributed by atoms with van der Waals surface area (Å²) in [5.41, 5.74) is 1.16. The first kappa shape index (κ1) is 14.6. The third kappa shape index (κ3) is 3.12. The molecule has 1 unspecified atom stereocenters. The normalized spacial score (nSPS) is 15.3. The molecule has 1 aliphatic rings. The van der Waals surface area contributed by atoms with Gasteiger partial charge in [0, 0.05) is 17.0 Å². The molecule has 1 aromatic carbocycles. The lowest BCUT2D eigenvalue weighted by atomic mass is 10.1. The summed E-state index contributed by atoms with van der Waals surface area (Å²) >= 11 is 5.78. The van der Waals surface area contributed by atoms with Crippen molar-refractivity contribution in [1.82, 2.24) is 10.5 Å². The van der Waals surface area contributed by atoms with Crippen molar-refractivity contribution in [3.05, 3.63) is 52.4 Å². The summed E-state index contributed by atoms with van der Waals surface area (Å²) in [4.78, 5) is 23.5. The number of carboxylic acids is 1. The van der Waals surface area contributed by atoms with Gasteiger partial charge < -0.3 is 14.9 Å². The lowest BCUT2D eigenvalue weighted by Crippen LogP contribution is -2.33. The van der Waals surface area contributed by atoms with Gasteiger partial charge in [-0.25, -0.2) is 4.79 Å². The van der Waals surface area contributed by atoms with Gasteiger partial charge in [-0.3, -0.25) is 4.79 Å². The first-order chi connectivity index (χ1) is 10.5. The van der Waals surface area contributed by atoms with Gasteiger partial charge in [-0.15, -0.1) is 0 Å². The van der Waals surface area contributed by atoms with Gasteiger partial charge in [-0.1, -0.05) is 28.9 Å². The van der Waals surface area contributed by atoms with E-state index in [9.17, 15) is 14.7 Å². The van der Waals surface area contributed by atoms with E-state index in [0.717, 1.165) is 18.5 Å². The van der Waals surface area contributed by atoms with Crippen LogP contribution < -0.4 is 5.32 Å². The number of rotatable bonds is 5. The van der Waals surface area contributed by atoms with Crippen LogP contribution in [0.5, 0.6) is 0 Å². The zero-order chi connectivity index (χ0) is 15.7. The second-order valence-electron chi connectivity index (χ2n) is 5.19. The van der Waals surface area contributed by atoms with Crippen LogP contribution in [-0.2, 0) is 4.79 Å². The van der Waals surface area contributed by atoms with Crippen molar-refractivity contribution in [3.8, 4) is 0 Å². The van der Waals surface area contributed by atoms with Gasteiger partial charge >= 0.3 is 5.97 Å². The van der Waals surface area contributed by atoms with Crippen molar-refractivity contribution in [2.24, 2.45) is 0 Å². The van der Waals surface area contributed by atoms with Crippen LogP contribution in [0.3, 0.4) is 0 Å². The number of halogens is 1. The minimum atomic E-state index is -1.18. The van der Waals surface area contributed by atoms with Gasteiger partial charge in [0.2, 0.25) is 5.76 Å². The average molecular weight is 321 g/mol. The summed E-state index contributed by atoms with van der Waals surface area (Å²) in [5, 5.41) is 16.1. The summed E-state index contributed by atoms with van der Waals surface area (Å²) in [6, 6.07) is 6.62. The van der Waals surface area contributed by atoms with Crippen molar-refractivity contribution >= 4 is 23.5 Å². The number of carbonyl (C=O) groups excluding carboxylic acids is 1. The predicted molar refractivity (Wildman–Crippen MR) is 77.8 cm³/mol. The third-order valence-corrected chi connectivity index (χ3v) is 3.73. The van der Waals surface area contributed by atoms with Crippen LogP contribution in [0, 0.1) is 0 Å². The molecule has 1 heterocycles. The van der Waals surface area contributed by atoms with Crippen molar-refractivity contribution in [2.75, 3.05) is 0 Å². The monoisotopic (exact) mass is 320 g/mol. The summed E-state index contributed by atoms with van der Waals surface area (Å²) in [5.74, 6) is -1.40. The fourth-order valence-electron chi connectivity index (χ4n) is 2.11. The largest absolute Gasteiger partial charge is 0.479 e. The lowest BCUT2D eigenvalue weighted by molar-refractivity contribution is -0.139. The summed E-state index contributed by atoms with van der Waals surface area (Å²) < 4.78 is 4.99. The molecular formula is C15H13ClN2O4. The molecule has 7 heteroatoms. The van der Waals surface area contributed by atoms with Gasteiger partial charge in [0.1, 0.15) is 0 Å². The number of aromatic nitrogens is 1. The Bertz CT molecular complexity index is 707. The number of amides is 1. The number of carbonyl (C=O) groups is 2. The van der Waals surface area contributed by atoms with Gasteiger partial charge in [0.05, 0.1) is 5.69 Å². The first-order valence-corrected chi connectivity index (χ1v) is 7.18. The van der Waals surface area contributed by atoms with E-state index in [1.54, 1.807) is 30.3 Å². The van der Waals surface area contributed by atoms with Crippen LogP contribution in [0.1, 0.15) is 46.6 Å². The van der Waals surface area contributed by atoms with Gasteiger partial charge in [0.25, 0.3) is 5.91 Å². The predicted octanol–water partition coefficient (Wildman–Crippen LogP) is 2.76. The van der Waals surface area contributed by atoms with Crippen LogP contribution in [0.25, 0.3) is 0 Å². The number of hydrogen-bond acceptors (Lipinski definition) is 4. The Balaban J connectivity index is 1.76. The molecule has 1 saturated carbocycles. The zero-order valence-corrected chi connectivity index (χ0v) is 12.2. The molecule has 1 atom stereocenters. The second-order valence-corrected chi connectivity index (χ2v) is 5.62. The maximum atomic E-state index is 12.1. The molecule has 6 nitrogen and oxygen atoms in total. The zero-order valence-electron chi connectivity index (χ0n) is 11.5. The molecule has 1 fully saturated rings. The number of benzene rings is 1. The Kier molecular flexibility index (Phi) is 3.85. The molecule has 0 radical (unpaired) electrons. The SMILES string of the molecule is O=C(NC(C(=O)O)c1ccc(Cl)cc1)c1cc(C2CC2)no1. The van der Waals surface area contributed by atoms with Crippen molar-refractivity contribution in [2.45, 2.75) is 24.8 Å². The molecule has 2 N–H and O–H groups in total. The van der Waals surface area contributed by atoms with Crippen LogP contribution in [0.2, 0.25) is 5.02 Å². The minimum absolute atomic E-state index is 0.0158. The van der Waals surface area contributed by atoms with Crippen molar-refractivity contribution in [1.29, 1.82) is 0 Å². The van der Waals surface area contributed by atoms with Crippen LogP contribution in [0.15, 0.2) is 34.9 Å². The standard InChI is InChI=1S/C15H13ClN2O4/c16-10-5-3-9(4-6-10)13(15(20)21)17-14(19)12-7-11(18-22-12)8-1-2-8/h3-8,13H,1-2H2,(H,17,19)(H,20,21). The average Bonchev–Trinajstić information content (AvgIpc) is 3.22. The molecule has 0 aliphatic heterocycles. The van der Waals surface area contributed by atoms with Crippen LogP contribution >= 0.6 is 11.6 Å². The highest BCUT2D eigenvalue weighted by molar-refractivity contribution is 6.30. The fraction of sp³-hybridized carbons (Fsp3) is 0.267. The van der Waals surface area contributed by atoms with Gasteiger partial charge in [-0.05, 0) is 30.5 Å². The van der Waals surface area contributed by atoms with Crippen molar-refractivity contribution in [3.63, 3.8) is 0 Å². The van der Waals surface area contributed by atoms with Gasteiger partial charge in [-0.2, -0.15) is 0 Å². The van der Waals surface area contributed by atoms with E-state index in [1.165, 1.54) is 0 Å². The minimum Gasteiger partial charge on any atom is -0.479 e. The summed E-state index contributed by atoms with van der Waals surface area (Å²) in [6.45, 7) is 0. The van der Waals surface area contributed by atoms with E-state index in [0.29, 0.717) is 16.5 Å². The quantitative estimate of drug-likeness (QED) is 0.883. The van der Waals surface area contributed by atoms with Crippen molar-refractivity contribution < 1.29 is 19.2 Å². The lowest BCUT2D eigenvalue weighted by Gasteiger charge is -2.13. The van der Waals surface area contributed by atoms with E-state index >= 15 is 0 Å². The van der Waals surface area contributed by atoms with Crippen LogP contribution in [-0.4, -0.2) is 22.1 Å². The molecule has 22 heavy (non-hydrogen) atoms. The number of nitrogens with zero attached hydrogens (tertiary/aromatic N) is 1. The molecule has 3 rings (SSSR count). The van der Waals surface area contributed by atoms with E-state index < -0.39 is 17.9 Å². The maximum Gasteiger partial charge on any atom is 0.330 e. The molecule has 1 aliphatic carbocycles. The van der Waals surface area contributed by atoms with E-state index in [2.05, 4.69) is 10.5 Å². The summed E-state index contributed by atoms with van der Waals surface area (Å²) in [7, 11) is 0. The molecule has 2 aromatic rings. The highest BCUT2D eigenvalue weighted by atomic mass is 35.5. The number of hydrogen-bond donors (Lipinski definition) is 2. The fourth-order valence-corrected chi connectivity index (χ4v) is 2.24. The third-order valence-electron chi connectivity index (χ3n) is 3.47. The Hall–Kier alpha value is -2.34. The molecular weight excluding hydrogens is 308 g/mol. The molecule has 1 amide bonds. The van der Waals surface area contributed by atoms with E-state index in [1.807, 2.05) is 0 Å². The first-order valence-electron chi connectivity index (χ1n) is 6.80. The number of aliphatic carboxylic acids is 1. The van der Waals surface area contributed by atoms with Gasteiger partial charge in [0.15, 0.2) is 6.04 Å². The molecule has 0 spiro atoms. The molecule has 0 bridgehead atoms. The highest BCUT2D eigenvalue weighted by Crippen LogP contribution is 2.39. The Morgan fingerprint density at radius 3 is 2.59 bits per heavy atom. The number of carboxylic acid groups (broad SMARTS) is 1. The van der Waals surface area contributed by atoms with Crippen LogP contribution in [0.4, 0.5) is 0 Å². The topological polar surface area (TPSA) is 92.4 Å². The molecule has 114 valence electrons. The second kappa shape index (κ2) is 5.81. The summed E-state index contributed by atoms with van der Waals surface area (Å²) in [6.07, 6.45) is 2.08. The maximum absolute atomic E-state index is 12.1. The van der Waals surface area contributed by atoms with E-state index in [-0.39, 0.29) is 5.76 Å². The molecule has 0 saturated heterocycles.